The van der Waals surface area contributed by atoms with Gasteiger partial charge in [-0.2, -0.15) is 13.2 Å². The molecule has 0 aliphatic carbocycles. The van der Waals surface area contributed by atoms with Gasteiger partial charge in [0.2, 0.25) is 0 Å². The second kappa shape index (κ2) is 10.0. The first-order valence-corrected chi connectivity index (χ1v) is 8.85. The molecule has 1 fully saturated rings. The van der Waals surface area contributed by atoms with Crippen LogP contribution < -0.4 is 0 Å². The molecule has 1 heterocycles. The van der Waals surface area contributed by atoms with Crippen LogP contribution in [-0.4, -0.2) is 75.4 Å². The van der Waals surface area contributed by atoms with Crippen molar-refractivity contribution in [2.45, 2.75) is 50.2 Å². The summed E-state index contributed by atoms with van der Waals surface area (Å²) < 4.78 is 48.4. The number of ether oxygens (including phenoxy) is 2. The summed E-state index contributed by atoms with van der Waals surface area (Å²) >= 11 is 0. The third-order valence-electron chi connectivity index (χ3n) is 4.27. The molecule has 0 amide bonds. The standard InChI is InChI=1S/C18H20F3NO9/c1-8(9-3-2-4-10(5-9)18(19,20)21)22-31-17-16(28)15(27)14(26)11(30-17)7-29-13(25)6-12(23)24/h2-5,11,14-17,26-28H,6-7H2,1H3,(H,23,24)/b22-8+/t11-,14-,15+,16-,17+/m1/s1. The number of nitrogens with zero attached hydrogens (tertiary/aromatic N) is 1. The molecule has 172 valence electrons. The number of aliphatic hydroxyl groups is 3. The summed E-state index contributed by atoms with van der Waals surface area (Å²) in [6, 6.07) is 4.23. The van der Waals surface area contributed by atoms with Crippen LogP contribution in [-0.2, 0) is 30.1 Å². The highest BCUT2D eigenvalue weighted by Crippen LogP contribution is 2.30. The van der Waals surface area contributed by atoms with Crippen LogP contribution >= 0.6 is 0 Å². The summed E-state index contributed by atoms with van der Waals surface area (Å²) in [6.45, 7) is 0.675. The Bertz CT molecular complexity index is 830. The molecule has 0 bridgehead atoms. The number of hydrogen-bond acceptors (Lipinski definition) is 9. The zero-order chi connectivity index (χ0) is 23.3. The molecule has 1 aliphatic heterocycles. The zero-order valence-corrected chi connectivity index (χ0v) is 16.0. The quantitative estimate of drug-likeness (QED) is 0.198. The van der Waals surface area contributed by atoms with Crippen molar-refractivity contribution >= 4 is 17.7 Å². The van der Waals surface area contributed by atoms with Gasteiger partial charge in [-0.15, -0.1) is 0 Å². The van der Waals surface area contributed by atoms with Crippen molar-refractivity contribution in [3.8, 4) is 0 Å². The minimum atomic E-state index is -4.56. The first-order chi connectivity index (χ1) is 14.4. The summed E-state index contributed by atoms with van der Waals surface area (Å²) in [7, 11) is 0. The highest BCUT2D eigenvalue weighted by molar-refractivity contribution is 5.98. The largest absolute Gasteiger partial charge is 0.481 e. The number of alkyl halides is 3. The van der Waals surface area contributed by atoms with Crippen LogP contribution in [0.2, 0.25) is 0 Å². The van der Waals surface area contributed by atoms with Gasteiger partial charge in [0.05, 0.1) is 11.3 Å². The Morgan fingerprint density at radius 3 is 2.45 bits per heavy atom. The van der Waals surface area contributed by atoms with E-state index in [9.17, 15) is 38.1 Å². The molecule has 13 heteroatoms. The lowest BCUT2D eigenvalue weighted by atomic mass is 9.99. The van der Waals surface area contributed by atoms with E-state index >= 15 is 0 Å². The molecule has 1 aliphatic rings. The summed E-state index contributed by atoms with van der Waals surface area (Å²) in [6.07, 6.45) is -13.9. The van der Waals surface area contributed by atoms with Crippen molar-refractivity contribution in [3.05, 3.63) is 35.4 Å². The molecule has 0 unspecified atom stereocenters. The Kier molecular flexibility index (Phi) is 7.95. The number of halogens is 3. The average molecular weight is 451 g/mol. The number of carbonyl (C=O) groups excluding carboxylic acids is 1. The van der Waals surface area contributed by atoms with E-state index in [1.807, 2.05) is 0 Å². The molecule has 10 nitrogen and oxygen atoms in total. The predicted molar refractivity (Wildman–Crippen MR) is 94.6 cm³/mol. The molecule has 1 aromatic carbocycles. The summed E-state index contributed by atoms with van der Waals surface area (Å²) in [4.78, 5) is 26.8. The van der Waals surface area contributed by atoms with Gasteiger partial charge in [-0.1, -0.05) is 17.3 Å². The monoisotopic (exact) mass is 451 g/mol. The minimum absolute atomic E-state index is 0.00746. The van der Waals surface area contributed by atoms with E-state index in [2.05, 4.69) is 9.89 Å². The molecule has 0 spiro atoms. The first-order valence-electron chi connectivity index (χ1n) is 8.85. The number of esters is 1. The normalized spacial score (nSPS) is 26.9. The average Bonchev–Trinajstić information content (AvgIpc) is 2.69. The molecule has 2 rings (SSSR count). The Morgan fingerprint density at radius 2 is 1.84 bits per heavy atom. The highest BCUT2D eigenvalue weighted by atomic mass is 19.4. The third-order valence-corrected chi connectivity index (χ3v) is 4.27. The molecule has 0 aromatic heterocycles. The second-order valence-corrected chi connectivity index (χ2v) is 6.63. The van der Waals surface area contributed by atoms with Crippen LogP contribution in [0.4, 0.5) is 13.2 Å². The molecule has 0 saturated carbocycles. The molecule has 5 atom stereocenters. The van der Waals surface area contributed by atoms with Gasteiger partial charge < -0.3 is 34.7 Å². The molecular weight excluding hydrogens is 431 g/mol. The van der Waals surface area contributed by atoms with Crippen LogP contribution in [0.25, 0.3) is 0 Å². The maximum absolute atomic E-state index is 12.8. The van der Waals surface area contributed by atoms with Crippen molar-refractivity contribution < 1.29 is 57.5 Å². The van der Waals surface area contributed by atoms with Gasteiger partial charge >= 0.3 is 18.1 Å². The van der Waals surface area contributed by atoms with Gasteiger partial charge in [-0.05, 0) is 24.6 Å². The fourth-order valence-electron chi connectivity index (χ4n) is 2.60. The number of carbonyl (C=O) groups is 2. The first kappa shape index (κ1) is 24.5. The summed E-state index contributed by atoms with van der Waals surface area (Å²) in [5.74, 6) is -2.56. The number of rotatable bonds is 7. The molecule has 0 radical (unpaired) electrons. The predicted octanol–water partition coefficient (Wildman–Crippen LogP) is 0.272. The van der Waals surface area contributed by atoms with Gasteiger partial charge in [-0.3, -0.25) is 9.59 Å². The Balaban J connectivity index is 2.07. The topological polar surface area (TPSA) is 155 Å². The summed E-state index contributed by atoms with van der Waals surface area (Å²) in [5, 5.41) is 42.0. The van der Waals surface area contributed by atoms with Gasteiger partial charge in [0, 0.05) is 0 Å². The zero-order valence-electron chi connectivity index (χ0n) is 16.0. The lowest BCUT2D eigenvalue weighted by Gasteiger charge is -2.38. The molecule has 1 aromatic rings. The second-order valence-electron chi connectivity index (χ2n) is 6.63. The lowest BCUT2D eigenvalue weighted by molar-refractivity contribution is -0.302. The fraction of sp³-hybridized carbons (Fsp3) is 0.500. The number of carboxylic acids is 1. The van der Waals surface area contributed by atoms with E-state index in [-0.39, 0.29) is 11.3 Å². The van der Waals surface area contributed by atoms with E-state index in [1.54, 1.807) is 0 Å². The number of benzene rings is 1. The molecular formula is C18H20F3NO9. The minimum Gasteiger partial charge on any atom is -0.481 e. The highest BCUT2D eigenvalue weighted by Gasteiger charge is 2.45. The Labute approximate surface area is 173 Å². The number of hydrogen-bond donors (Lipinski definition) is 4. The maximum Gasteiger partial charge on any atom is 0.416 e. The molecule has 31 heavy (non-hydrogen) atoms. The number of aliphatic carboxylic acids is 1. The van der Waals surface area contributed by atoms with Crippen molar-refractivity contribution in [1.29, 1.82) is 0 Å². The van der Waals surface area contributed by atoms with E-state index < -0.39 is 67.4 Å². The summed E-state index contributed by atoms with van der Waals surface area (Å²) in [5.41, 5.74) is -0.845. The van der Waals surface area contributed by atoms with Crippen molar-refractivity contribution in [2.75, 3.05) is 6.61 Å². The van der Waals surface area contributed by atoms with Gasteiger partial charge in [0.25, 0.3) is 6.29 Å². The third kappa shape index (κ3) is 6.62. The fourth-order valence-corrected chi connectivity index (χ4v) is 2.60. The smallest absolute Gasteiger partial charge is 0.416 e. The van der Waals surface area contributed by atoms with Crippen molar-refractivity contribution in [2.24, 2.45) is 5.16 Å². The number of carboxylic acid groups (broad SMARTS) is 1. The van der Waals surface area contributed by atoms with Crippen LogP contribution in [0, 0.1) is 0 Å². The van der Waals surface area contributed by atoms with E-state index in [0.717, 1.165) is 12.1 Å². The SMILES string of the molecule is C/C(=N\O[C@@H]1O[C@H](COC(=O)CC(=O)O)[C@@H](O)[C@H](O)[C@H]1O)c1cccc(C(F)(F)F)c1. The van der Waals surface area contributed by atoms with Gasteiger partial charge in [0.1, 0.15) is 37.4 Å². The molecule has 4 N–H and O–H groups in total. The number of oxime groups is 1. The van der Waals surface area contributed by atoms with E-state index in [0.29, 0.717) is 0 Å². The van der Waals surface area contributed by atoms with Crippen LogP contribution in [0.1, 0.15) is 24.5 Å². The van der Waals surface area contributed by atoms with Crippen LogP contribution in [0.15, 0.2) is 29.4 Å². The van der Waals surface area contributed by atoms with Crippen molar-refractivity contribution in [3.63, 3.8) is 0 Å². The Morgan fingerprint density at radius 1 is 1.16 bits per heavy atom. The van der Waals surface area contributed by atoms with Crippen molar-refractivity contribution in [1.82, 2.24) is 0 Å². The van der Waals surface area contributed by atoms with Crippen LogP contribution in [0.3, 0.4) is 0 Å². The van der Waals surface area contributed by atoms with E-state index in [1.165, 1.54) is 19.1 Å². The number of aliphatic hydroxyl groups excluding tert-OH is 3. The lowest BCUT2D eigenvalue weighted by Crippen LogP contribution is -2.59. The maximum atomic E-state index is 12.8. The van der Waals surface area contributed by atoms with Crippen LogP contribution in [0.5, 0.6) is 0 Å². The van der Waals surface area contributed by atoms with Gasteiger partial charge in [0.15, 0.2) is 0 Å². The molecule has 1 saturated heterocycles. The van der Waals surface area contributed by atoms with E-state index in [4.69, 9.17) is 14.7 Å². The van der Waals surface area contributed by atoms with Gasteiger partial charge in [-0.25, -0.2) is 0 Å². The Hall–Kier alpha value is -2.74.